The fourth-order valence-corrected chi connectivity index (χ4v) is 3.88. The molecule has 1 aliphatic heterocycles. The maximum atomic E-state index is 12.3. The Hall–Kier alpha value is -1.12. The number of likely N-dealkylation sites (tertiary alicyclic amines) is 1. The second-order valence-corrected chi connectivity index (χ2v) is 6.90. The van der Waals surface area contributed by atoms with Gasteiger partial charge in [0.15, 0.2) is 5.82 Å². The molecule has 2 rings (SSSR count). The second kappa shape index (κ2) is 5.10. The quantitative estimate of drug-likeness (QED) is 0.781. The highest BCUT2D eigenvalue weighted by atomic mass is 32.2. The first-order chi connectivity index (χ1) is 8.81. The lowest BCUT2D eigenvalue weighted by Crippen LogP contribution is -2.31. The Kier molecular flexibility index (Phi) is 3.84. The van der Waals surface area contributed by atoms with Crippen LogP contribution in [0.4, 0.5) is 5.82 Å². The van der Waals surface area contributed by atoms with Gasteiger partial charge in [-0.15, -0.1) is 0 Å². The van der Waals surface area contributed by atoms with Crippen molar-refractivity contribution in [2.45, 2.75) is 18.2 Å². The molecule has 19 heavy (non-hydrogen) atoms. The maximum Gasteiger partial charge on any atom is 0.246 e. The summed E-state index contributed by atoms with van der Waals surface area (Å²) in [6.07, 6.45) is 1.01. The van der Waals surface area contributed by atoms with Crippen molar-refractivity contribution >= 4 is 15.8 Å². The van der Waals surface area contributed by atoms with E-state index in [1.807, 2.05) is 7.05 Å². The number of hydrogen-bond acceptors (Lipinski definition) is 5. The average molecular weight is 287 g/mol. The van der Waals surface area contributed by atoms with Crippen LogP contribution >= 0.6 is 0 Å². The van der Waals surface area contributed by atoms with Crippen LogP contribution in [0.5, 0.6) is 0 Å². The summed E-state index contributed by atoms with van der Waals surface area (Å²) < 4.78 is 28.7. The van der Waals surface area contributed by atoms with Crippen molar-refractivity contribution in [2.75, 3.05) is 32.4 Å². The Morgan fingerprint density at radius 2 is 2.16 bits per heavy atom. The normalized spacial score (nSPS) is 21.1. The smallest absolute Gasteiger partial charge is 0.246 e. The molecule has 0 radical (unpaired) electrons. The Balaban J connectivity index is 2.10. The van der Waals surface area contributed by atoms with Gasteiger partial charge in [0.25, 0.3) is 0 Å². The van der Waals surface area contributed by atoms with E-state index in [0.717, 1.165) is 19.5 Å². The average Bonchev–Trinajstić information content (AvgIpc) is 2.82. The minimum Gasteiger partial charge on any atom is -0.381 e. The van der Waals surface area contributed by atoms with Crippen LogP contribution in [0.15, 0.2) is 4.90 Å². The van der Waals surface area contributed by atoms with Gasteiger partial charge in [-0.3, -0.25) is 4.68 Å². The molecule has 2 heterocycles. The number of rotatable bonds is 4. The third-order valence-electron chi connectivity index (χ3n) is 3.62. The molecule has 108 valence electrons. The fourth-order valence-electron chi connectivity index (χ4n) is 2.44. The van der Waals surface area contributed by atoms with E-state index in [1.165, 1.54) is 4.68 Å². The zero-order valence-corrected chi connectivity index (χ0v) is 12.4. The molecule has 1 aromatic heterocycles. The van der Waals surface area contributed by atoms with Crippen molar-refractivity contribution in [3.8, 4) is 0 Å². The van der Waals surface area contributed by atoms with E-state index in [0.29, 0.717) is 18.2 Å². The predicted octanol–water partition coefficient (Wildman–Crippen LogP) is -0.459. The Morgan fingerprint density at radius 3 is 2.63 bits per heavy atom. The van der Waals surface area contributed by atoms with Crippen LogP contribution in [0.1, 0.15) is 12.1 Å². The molecule has 1 atom stereocenters. The van der Waals surface area contributed by atoms with Crippen molar-refractivity contribution in [3.63, 3.8) is 0 Å². The van der Waals surface area contributed by atoms with E-state index >= 15 is 0 Å². The summed E-state index contributed by atoms with van der Waals surface area (Å²) in [5.41, 5.74) is 6.22. The highest BCUT2D eigenvalue weighted by Gasteiger charge is 2.27. The van der Waals surface area contributed by atoms with Gasteiger partial charge < -0.3 is 10.6 Å². The predicted molar refractivity (Wildman–Crippen MR) is 73.1 cm³/mol. The number of nitrogen functional groups attached to an aromatic ring is 1. The summed E-state index contributed by atoms with van der Waals surface area (Å²) in [6, 6.07) is 0. The summed E-state index contributed by atoms with van der Waals surface area (Å²) in [4.78, 5) is 2.30. The number of nitrogens with one attached hydrogen (secondary N) is 1. The van der Waals surface area contributed by atoms with Gasteiger partial charge in [-0.25, -0.2) is 13.1 Å². The van der Waals surface area contributed by atoms with Gasteiger partial charge in [0.2, 0.25) is 10.0 Å². The molecule has 0 saturated carbocycles. The fraction of sp³-hybridized carbons (Fsp3) is 0.727. The SMILES string of the molecule is Cc1c(S(=O)(=O)NCC2CCN(C)C2)c(N)nn1C. The summed E-state index contributed by atoms with van der Waals surface area (Å²) in [6.45, 7) is 4.08. The summed E-state index contributed by atoms with van der Waals surface area (Å²) in [5.74, 6) is 0.411. The van der Waals surface area contributed by atoms with Crippen LogP contribution in [0, 0.1) is 12.8 Å². The lowest BCUT2D eigenvalue weighted by molar-refractivity contribution is 0.394. The van der Waals surface area contributed by atoms with Crippen molar-refractivity contribution in [1.82, 2.24) is 19.4 Å². The van der Waals surface area contributed by atoms with Gasteiger partial charge in [0.05, 0.1) is 5.69 Å². The molecule has 0 spiro atoms. The van der Waals surface area contributed by atoms with Crippen LogP contribution in [0.3, 0.4) is 0 Å². The molecule has 7 nitrogen and oxygen atoms in total. The molecule has 1 saturated heterocycles. The molecule has 1 aliphatic rings. The standard InChI is InChI=1S/C11H21N5O2S/c1-8-10(11(12)14-16(8)3)19(17,18)13-6-9-4-5-15(2)7-9/h9,13H,4-7H2,1-3H3,(H2,12,14). The zero-order valence-electron chi connectivity index (χ0n) is 11.5. The van der Waals surface area contributed by atoms with Crippen molar-refractivity contribution < 1.29 is 8.42 Å². The monoisotopic (exact) mass is 287 g/mol. The molecule has 0 aliphatic carbocycles. The molecule has 1 unspecified atom stereocenters. The molecule has 0 bridgehead atoms. The number of nitrogens with two attached hydrogens (primary N) is 1. The number of nitrogens with zero attached hydrogens (tertiary/aromatic N) is 3. The third-order valence-corrected chi connectivity index (χ3v) is 5.21. The highest BCUT2D eigenvalue weighted by Crippen LogP contribution is 2.21. The van der Waals surface area contributed by atoms with Gasteiger partial charge in [-0.1, -0.05) is 0 Å². The van der Waals surface area contributed by atoms with E-state index in [-0.39, 0.29) is 10.7 Å². The number of sulfonamides is 1. The van der Waals surface area contributed by atoms with E-state index in [1.54, 1.807) is 14.0 Å². The van der Waals surface area contributed by atoms with Crippen LogP contribution in [0.25, 0.3) is 0 Å². The number of aromatic nitrogens is 2. The van der Waals surface area contributed by atoms with Gasteiger partial charge >= 0.3 is 0 Å². The van der Waals surface area contributed by atoms with Gasteiger partial charge in [0.1, 0.15) is 4.90 Å². The topological polar surface area (TPSA) is 93.2 Å². The van der Waals surface area contributed by atoms with Gasteiger partial charge in [0, 0.05) is 20.1 Å². The van der Waals surface area contributed by atoms with Crippen LogP contribution in [0.2, 0.25) is 0 Å². The summed E-state index contributed by atoms with van der Waals surface area (Å²) in [7, 11) is 0.134. The first-order valence-corrected chi connectivity index (χ1v) is 7.77. The van der Waals surface area contributed by atoms with E-state index in [4.69, 9.17) is 5.73 Å². The van der Waals surface area contributed by atoms with Gasteiger partial charge in [-0.2, -0.15) is 5.10 Å². The van der Waals surface area contributed by atoms with E-state index < -0.39 is 10.0 Å². The molecular weight excluding hydrogens is 266 g/mol. The molecule has 8 heteroatoms. The molecule has 3 N–H and O–H groups in total. The van der Waals surface area contributed by atoms with E-state index in [9.17, 15) is 8.42 Å². The number of aryl methyl sites for hydroxylation is 1. The minimum absolute atomic E-state index is 0.0519. The Bertz CT molecular complexity index is 566. The maximum absolute atomic E-state index is 12.3. The lowest BCUT2D eigenvalue weighted by atomic mass is 10.1. The molecule has 0 amide bonds. The summed E-state index contributed by atoms with van der Waals surface area (Å²) in [5, 5.41) is 3.94. The second-order valence-electron chi connectivity index (χ2n) is 5.19. The first-order valence-electron chi connectivity index (χ1n) is 6.28. The molecule has 0 aromatic carbocycles. The summed E-state index contributed by atoms with van der Waals surface area (Å²) >= 11 is 0. The molecule has 1 fully saturated rings. The Labute approximate surface area is 113 Å². The minimum atomic E-state index is -3.58. The van der Waals surface area contributed by atoms with Crippen LogP contribution in [-0.2, 0) is 17.1 Å². The van der Waals surface area contributed by atoms with Crippen LogP contribution < -0.4 is 10.5 Å². The van der Waals surface area contributed by atoms with Crippen molar-refractivity contribution in [3.05, 3.63) is 5.69 Å². The number of hydrogen-bond donors (Lipinski definition) is 2. The van der Waals surface area contributed by atoms with Crippen molar-refractivity contribution in [1.29, 1.82) is 0 Å². The third kappa shape index (κ3) is 2.90. The van der Waals surface area contributed by atoms with Gasteiger partial charge in [-0.05, 0) is 32.9 Å². The lowest BCUT2D eigenvalue weighted by Gasteiger charge is -2.12. The highest BCUT2D eigenvalue weighted by molar-refractivity contribution is 7.89. The Morgan fingerprint density at radius 1 is 1.47 bits per heavy atom. The van der Waals surface area contributed by atoms with Crippen LogP contribution in [-0.4, -0.2) is 49.8 Å². The largest absolute Gasteiger partial charge is 0.381 e. The molecular formula is C11H21N5O2S. The first kappa shape index (κ1) is 14.3. The molecule has 1 aromatic rings. The van der Waals surface area contributed by atoms with E-state index in [2.05, 4.69) is 14.7 Å². The zero-order chi connectivity index (χ0) is 14.2. The van der Waals surface area contributed by atoms with Crippen molar-refractivity contribution in [2.24, 2.45) is 13.0 Å². The number of anilines is 1.